The van der Waals surface area contributed by atoms with Gasteiger partial charge in [-0.15, -0.1) is 5.10 Å². The maximum atomic E-state index is 12.9. The minimum absolute atomic E-state index is 0.172. The van der Waals surface area contributed by atoms with Crippen molar-refractivity contribution in [2.75, 3.05) is 39.1 Å². The van der Waals surface area contributed by atoms with Crippen LogP contribution in [-0.4, -0.2) is 54.3 Å². The van der Waals surface area contributed by atoms with Gasteiger partial charge < -0.3 is 29.6 Å². The third-order valence-corrected chi connectivity index (χ3v) is 5.26. The van der Waals surface area contributed by atoms with Crippen LogP contribution in [0, 0.1) is 0 Å². The molecule has 0 atom stereocenters. The predicted octanol–water partition coefficient (Wildman–Crippen LogP) is 3.75. The Balaban J connectivity index is 1.49. The number of aromatic nitrogens is 4. The Morgan fingerprint density at radius 1 is 0.944 bits per heavy atom. The summed E-state index contributed by atoms with van der Waals surface area (Å²) in [5.74, 6) is 2.20. The molecule has 1 amide bonds. The molecule has 0 saturated heterocycles. The van der Waals surface area contributed by atoms with Crippen LogP contribution in [0.15, 0.2) is 60.9 Å². The number of anilines is 3. The van der Waals surface area contributed by atoms with E-state index in [0.717, 1.165) is 11.3 Å². The highest BCUT2D eigenvalue weighted by atomic mass is 16.5. The molecule has 36 heavy (non-hydrogen) atoms. The third kappa shape index (κ3) is 5.46. The van der Waals surface area contributed by atoms with Crippen molar-refractivity contribution in [3.8, 4) is 23.0 Å². The van der Waals surface area contributed by atoms with Gasteiger partial charge in [0.15, 0.2) is 23.0 Å². The van der Waals surface area contributed by atoms with Gasteiger partial charge in [0.05, 0.1) is 46.9 Å². The predicted molar refractivity (Wildman–Crippen MR) is 134 cm³/mol. The highest BCUT2D eigenvalue weighted by Crippen LogP contribution is 2.41. The number of hydrogen-bond acceptors (Lipinski definition) is 9. The van der Waals surface area contributed by atoms with E-state index < -0.39 is 5.91 Å². The molecule has 0 aliphatic heterocycles. The average Bonchev–Trinajstić information content (AvgIpc) is 3.38. The minimum Gasteiger partial charge on any atom is -0.497 e. The Labute approximate surface area is 208 Å². The molecule has 0 fully saturated rings. The van der Waals surface area contributed by atoms with E-state index in [1.54, 1.807) is 48.5 Å². The summed E-state index contributed by atoms with van der Waals surface area (Å²) in [6, 6.07) is 14.5. The number of hydrogen-bond donors (Lipinski definition) is 2. The van der Waals surface area contributed by atoms with E-state index in [0.29, 0.717) is 41.0 Å². The summed E-state index contributed by atoms with van der Waals surface area (Å²) in [5, 5.41) is 14.1. The van der Waals surface area contributed by atoms with E-state index in [-0.39, 0.29) is 5.69 Å². The van der Waals surface area contributed by atoms with E-state index in [1.165, 1.54) is 21.3 Å². The van der Waals surface area contributed by atoms with Crippen molar-refractivity contribution in [1.82, 2.24) is 20.0 Å². The van der Waals surface area contributed by atoms with Gasteiger partial charge in [0, 0.05) is 24.0 Å². The number of benzene rings is 2. The van der Waals surface area contributed by atoms with Gasteiger partial charge in [0.25, 0.3) is 5.91 Å². The largest absolute Gasteiger partial charge is 0.497 e. The molecule has 2 heterocycles. The van der Waals surface area contributed by atoms with Gasteiger partial charge in [-0.1, -0.05) is 17.3 Å². The monoisotopic (exact) mass is 490 g/mol. The number of rotatable bonds is 10. The molecule has 0 saturated carbocycles. The summed E-state index contributed by atoms with van der Waals surface area (Å²) in [5.41, 5.74) is 2.26. The summed E-state index contributed by atoms with van der Waals surface area (Å²) in [4.78, 5) is 17.3. The molecule has 11 heteroatoms. The SMILES string of the molecule is COc1ccc(Cn2cc(C(=O)Nc3cccnc3Nc3cc(OC)c(OC)c(OC)c3)nn2)cc1. The summed E-state index contributed by atoms with van der Waals surface area (Å²) in [6.45, 7) is 0.463. The van der Waals surface area contributed by atoms with E-state index >= 15 is 0 Å². The van der Waals surface area contributed by atoms with Crippen LogP contribution >= 0.6 is 0 Å². The lowest BCUT2D eigenvalue weighted by Gasteiger charge is -2.16. The van der Waals surface area contributed by atoms with Crippen LogP contribution in [0.25, 0.3) is 0 Å². The molecule has 4 rings (SSSR count). The van der Waals surface area contributed by atoms with E-state index in [1.807, 2.05) is 24.3 Å². The number of nitrogens with one attached hydrogen (secondary N) is 2. The molecule has 0 aliphatic carbocycles. The highest BCUT2D eigenvalue weighted by Gasteiger charge is 2.17. The fourth-order valence-corrected chi connectivity index (χ4v) is 3.48. The van der Waals surface area contributed by atoms with E-state index in [9.17, 15) is 4.79 Å². The smallest absolute Gasteiger partial charge is 0.277 e. The van der Waals surface area contributed by atoms with Crippen molar-refractivity contribution in [1.29, 1.82) is 0 Å². The van der Waals surface area contributed by atoms with E-state index in [4.69, 9.17) is 18.9 Å². The quantitative estimate of drug-likeness (QED) is 0.342. The number of ether oxygens (including phenoxy) is 4. The summed E-state index contributed by atoms with van der Waals surface area (Å²) >= 11 is 0. The van der Waals surface area contributed by atoms with Gasteiger partial charge >= 0.3 is 0 Å². The first kappa shape index (κ1) is 24.3. The molecule has 0 spiro atoms. The van der Waals surface area contributed by atoms with Crippen LogP contribution in [0.5, 0.6) is 23.0 Å². The number of amides is 1. The zero-order chi connectivity index (χ0) is 25.5. The highest BCUT2D eigenvalue weighted by molar-refractivity contribution is 6.04. The fraction of sp³-hybridized carbons (Fsp3) is 0.200. The van der Waals surface area contributed by atoms with Crippen LogP contribution in [-0.2, 0) is 6.54 Å². The summed E-state index contributed by atoms with van der Waals surface area (Å²) < 4.78 is 23.0. The first-order valence-corrected chi connectivity index (χ1v) is 10.9. The van der Waals surface area contributed by atoms with Crippen molar-refractivity contribution in [3.05, 3.63) is 72.2 Å². The Morgan fingerprint density at radius 2 is 1.67 bits per heavy atom. The molecule has 0 aliphatic rings. The van der Waals surface area contributed by atoms with Crippen molar-refractivity contribution in [2.24, 2.45) is 0 Å². The Bertz CT molecular complexity index is 1310. The van der Waals surface area contributed by atoms with Crippen molar-refractivity contribution >= 4 is 23.1 Å². The first-order valence-electron chi connectivity index (χ1n) is 10.9. The zero-order valence-corrected chi connectivity index (χ0v) is 20.3. The molecule has 4 aromatic rings. The number of pyridine rings is 1. The number of carbonyl (C=O) groups is 1. The lowest BCUT2D eigenvalue weighted by atomic mass is 10.2. The van der Waals surface area contributed by atoms with Crippen molar-refractivity contribution in [2.45, 2.75) is 6.54 Å². The molecule has 2 aromatic carbocycles. The van der Waals surface area contributed by atoms with Gasteiger partial charge in [-0.05, 0) is 29.8 Å². The lowest BCUT2D eigenvalue weighted by Crippen LogP contribution is -2.14. The van der Waals surface area contributed by atoms with E-state index in [2.05, 4.69) is 25.9 Å². The number of methoxy groups -OCH3 is 4. The maximum Gasteiger partial charge on any atom is 0.277 e. The molecule has 0 unspecified atom stereocenters. The standard InChI is InChI=1S/C25H26N6O5/c1-33-18-9-7-16(8-10-18)14-31-15-20(29-30-31)25(32)28-19-6-5-11-26-24(19)27-17-12-21(34-2)23(36-4)22(13-17)35-3/h5-13,15H,14H2,1-4H3,(H,26,27)(H,28,32). The number of carbonyl (C=O) groups excluding carboxylic acids is 1. The number of nitrogens with zero attached hydrogens (tertiary/aromatic N) is 4. The molecule has 2 aromatic heterocycles. The van der Waals surface area contributed by atoms with Crippen LogP contribution < -0.4 is 29.6 Å². The molecular formula is C25H26N6O5. The van der Waals surface area contributed by atoms with Crippen LogP contribution in [0.4, 0.5) is 17.2 Å². The van der Waals surface area contributed by atoms with Crippen LogP contribution in [0.1, 0.15) is 16.1 Å². The molecule has 0 radical (unpaired) electrons. The normalized spacial score (nSPS) is 10.4. The molecule has 0 bridgehead atoms. The average molecular weight is 491 g/mol. The first-order chi connectivity index (χ1) is 17.5. The second kappa shape index (κ2) is 11.1. The maximum absolute atomic E-state index is 12.9. The summed E-state index contributed by atoms with van der Waals surface area (Å²) in [6.07, 6.45) is 3.20. The molecule has 186 valence electrons. The molecule has 2 N–H and O–H groups in total. The van der Waals surface area contributed by atoms with Crippen molar-refractivity contribution < 1.29 is 23.7 Å². The third-order valence-electron chi connectivity index (χ3n) is 5.26. The van der Waals surface area contributed by atoms with Crippen LogP contribution in [0.3, 0.4) is 0 Å². The second-order valence-corrected chi connectivity index (χ2v) is 7.54. The molecule has 11 nitrogen and oxygen atoms in total. The van der Waals surface area contributed by atoms with Gasteiger partial charge in [0.1, 0.15) is 5.75 Å². The molecular weight excluding hydrogens is 464 g/mol. The van der Waals surface area contributed by atoms with Gasteiger partial charge in [0.2, 0.25) is 5.75 Å². The zero-order valence-electron chi connectivity index (χ0n) is 20.3. The van der Waals surface area contributed by atoms with Crippen LogP contribution in [0.2, 0.25) is 0 Å². The van der Waals surface area contributed by atoms with Gasteiger partial charge in [-0.25, -0.2) is 9.67 Å². The second-order valence-electron chi connectivity index (χ2n) is 7.54. The summed E-state index contributed by atoms with van der Waals surface area (Å²) in [7, 11) is 6.23. The Morgan fingerprint density at radius 3 is 2.31 bits per heavy atom. The minimum atomic E-state index is -0.420. The van der Waals surface area contributed by atoms with Crippen molar-refractivity contribution in [3.63, 3.8) is 0 Å². The Hall–Kier alpha value is -4.80. The topological polar surface area (TPSA) is 122 Å². The van der Waals surface area contributed by atoms with Gasteiger partial charge in [-0.2, -0.15) is 0 Å². The Kier molecular flexibility index (Phi) is 7.49. The lowest BCUT2D eigenvalue weighted by molar-refractivity contribution is 0.102. The fourth-order valence-electron chi connectivity index (χ4n) is 3.48. The van der Waals surface area contributed by atoms with Gasteiger partial charge in [-0.3, -0.25) is 4.79 Å².